The maximum Gasteiger partial charge on any atom is 0.119 e. The van der Waals surface area contributed by atoms with Crippen LogP contribution in [0.4, 0.5) is 5.69 Å². The van der Waals surface area contributed by atoms with Crippen LogP contribution >= 0.6 is 0 Å². The topological polar surface area (TPSA) is 64.3 Å². The van der Waals surface area contributed by atoms with Crippen molar-refractivity contribution in [2.45, 2.75) is 6.04 Å². The van der Waals surface area contributed by atoms with Gasteiger partial charge in [0, 0.05) is 25.5 Å². The van der Waals surface area contributed by atoms with Crippen molar-refractivity contribution in [1.82, 2.24) is 9.97 Å². The van der Waals surface area contributed by atoms with Crippen molar-refractivity contribution in [3.05, 3.63) is 48.5 Å². The van der Waals surface area contributed by atoms with Crippen molar-refractivity contribution in [1.29, 1.82) is 0 Å². The van der Waals surface area contributed by atoms with E-state index in [9.17, 15) is 0 Å². The number of hydrogen-bond donors (Lipinski definition) is 1. The summed E-state index contributed by atoms with van der Waals surface area (Å²) in [5.74, 6) is 0.837. The Labute approximate surface area is 113 Å². The molecule has 0 saturated carbocycles. The highest BCUT2D eigenvalue weighted by molar-refractivity contribution is 5.50. The molecule has 0 bridgehead atoms. The molecular weight excluding hydrogens is 240 g/mol. The van der Waals surface area contributed by atoms with Crippen LogP contribution in [0.1, 0.15) is 11.7 Å². The predicted octanol–water partition coefficient (Wildman–Crippen LogP) is 1.62. The lowest BCUT2D eigenvalue weighted by atomic mass is 10.1. The lowest BCUT2D eigenvalue weighted by Crippen LogP contribution is -2.31. The predicted molar refractivity (Wildman–Crippen MR) is 75.2 cm³/mol. The molecule has 0 aliphatic rings. The van der Waals surface area contributed by atoms with E-state index in [0.717, 1.165) is 17.1 Å². The van der Waals surface area contributed by atoms with Gasteiger partial charge in [-0.1, -0.05) is 0 Å². The van der Waals surface area contributed by atoms with Gasteiger partial charge in [0.1, 0.15) is 12.1 Å². The molecule has 1 unspecified atom stereocenters. The first kappa shape index (κ1) is 13.3. The first-order valence-electron chi connectivity index (χ1n) is 6.09. The van der Waals surface area contributed by atoms with Gasteiger partial charge in [0.05, 0.1) is 18.8 Å². The van der Waals surface area contributed by atoms with Crippen LogP contribution in [0.2, 0.25) is 0 Å². The Bertz CT molecular complexity index is 501. The van der Waals surface area contributed by atoms with E-state index >= 15 is 0 Å². The zero-order valence-electron chi connectivity index (χ0n) is 11.2. The maximum atomic E-state index is 5.87. The summed E-state index contributed by atoms with van der Waals surface area (Å²) in [4.78, 5) is 10.3. The van der Waals surface area contributed by atoms with Gasteiger partial charge in [-0.05, 0) is 30.3 Å². The molecule has 5 nitrogen and oxygen atoms in total. The molecule has 0 spiro atoms. The van der Waals surface area contributed by atoms with Crippen LogP contribution in [0, 0.1) is 0 Å². The third kappa shape index (κ3) is 3.00. The highest BCUT2D eigenvalue weighted by Crippen LogP contribution is 2.25. The smallest absolute Gasteiger partial charge is 0.119 e. The van der Waals surface area contributed by atoms with Gasteiger partial charge in [-0.3, -0.25) is 0 Å². The molecule has 0 aliphatic carbocycles. The van der Waals surface area contributed by atoms with E-state index in [4.69, 9.17) is 10.5 Å². The van der Waals surface area contributed by atoms with Crippen molar-refractivity contribution in [2.24, 2.45) is 5.73 Å². The quantitative estimate of drug-likeness (QED) is 0.883. The summed E-state index contributed by atoms with van der Waals surface area (Å²) in [7, 11) is 3.66. The molecule has 100 valence electrons. The third-order valence-corrected chi connectivity index (χ3v) is 3.12. The number of anilines is 1. The molecule has 1 atom stereocenters. The van der Waals surface area contributed by atoms with Gasteiger partial charge in [-0.25, -0.2) is 9.97 Å². The first-order valence-corrected chi connectivity index (χ1v) is 6.09. The zero-order chi connectivity index (χ0) is 13.7. The summed E-state index contributed by atoms with van der Waals surface area (Å²) in [6.45, 7) is 0.486. The van der Waals surface area contributed by atoms with Crippen LogP contribution in [0.3, 0.4) is 0 Å². The van der Waals surface area contributed by atoms with E-state index < -0.39 is 0 Å². The van der Waals surface area contributed by atoms with E-state index in [-0.39, 0.29) is 6.04 Å². The van der Waals surface area contributed by atoms with E-state index in [1.54, 1.807) is 19.6 Å². The molecule has 2 aromatic rings. The second kappa shape index (κ2) is 6.15. The minimum atomic E-state index is 0.0244. The number of methoxy groups -OCH3 is 1. The largest absolute Gasteiger partial charge is 0.497 e. The Morgan fingerprint density at radius 1 is 1.26 bits per heavy atom. The maximum absolute atomic E-state index is 5.87. The molecule has 0 amide bonds. The van der Waals surface area contributed by atoms with E-state index in [1.807, 2.05) is 37.4 Å². The summed E-state index contributed by atoms with van der Waals surface area (Å²) < 4.78 is 5.16. The Morgan fingerprint density at radius 3 is 2.53 bits per heavy atom. The number of nitrogens with zero attached hydrogens (tertiary/aromatic N) is 3. The number of nitrogens with two attached hydrogens (primary N) is 1. The molecule has 2 N–H and O–H groups in total. The number of ether oxygens (including phenoxy) is 1. The Morgan fingerprint density at radius 2 is 2.00 bits per heavy atom. The van der Waals surface area contributed by atoms with E-state index in [0.29, 0.717) is 6.54 Å². The molecule has 5 heteroatoms. The van der Waals surface area contributed by atoms with Crippen LogP contribution in [-0.4, -0.2) is 30.7 Å². The number of hydrogen-bond acceptors (Lipinski definition) is 5. The van der Waals surface area contributed by atoms with Crippen LogP contribution in [0.5, 0.6) is 5.75 Å². The first-order chi connectivity index (χ1) is 9.26. The van der Waals surface area contributed by atoms with Crippen LogP contribution < -0.4 is 15.4 Å². The van der Waals surface area contributed by atoms with Gasteiger partial charge in [-0.2, -0.15) is 0 Å². The van der Waals surface area contributed by atoms with Gasteiger partial charge >= 0.3 is 0 Å². The molecule has 1 aromatic carbocycles. The average Bonchev–Trinajstić information content (AvgIpc) is 2.49. The fourth-order valence-corrected chi connectivity index (χ4v) is 1.97. The third-order valence-electron chi connectivity index (χ3n) is 3.12. The summed E-state index contributed by atoms with van der Waals surface area (Å²) in [6.07, 6.45) is 3.27. The summed E-state index contributed by atoms with van der Waals surface area (Å²) in [5.41, 5.74) is 7.85. The van der Waals surface area contributed by atoms with Crippen molar-refractivity contribution < 1.29 is 4.74 Å². The fraction of sp³-hybridized carbons (Fsp3) is 0.286. The lowest BCUT2D eigenvalue weighted by Gasteiger charge is -2.28. The number of rotatable bonds is 5. The van der Waals surface area contributed by atoms with Gasteiger partial charge in [0.2, 0.25) is 0 Å². The van der Waals surface area contributed by atoms with Gasteiger partial charge in [-0.15, -0.1) is 0 Å². The minimum absolute atomic E-state index is 0.0244. The molecule has 0 saturated heterocycles. The van der Waals surface area contributed by atoms with Crippen molar-refractivity contribution >= 4 is 5.69 Å². The molecule has 2 rings (SSSR count). The van der Waals surface area contributed by atoms with E-state index in [1.165, 1.54) is 0 Å². The minimum Gasteiger partial charge on any atom is -0.497 e. The molecule has 0 radical (unpaired) electrons. The van der Waals surface area contributed by atoms with Gasteiger partial charge in [0.15, 0.2) is 0 Å². The summed E-state index contributed by atoms with van der Waals surface area (Å²) >= 11 is 0. The SMILES string of the molecule is COc1ccc(N(C)C(CN)c2ccncn2)cc1. The Kier molecular flexibility index (Phi) is 4.30. The van der Waals surface area contributed by atoms with Gasteiger partial charge in [0.25, 0.3) is 0 Å². The second-order valence-corrected chi connectivity index (χ2v) is 4.19. The lowest BCUT2D eigenvalue weighted by molar-refractivity contribution is 0.415. The van der Waals surface area contributed by atoms with Gasteiger partial charge < -0.3 is 15.4 Å². The van der Waals surface area contributed by atoms with Crippen molar-refractivity contribution in [3.63, 3.8) is 0 Å². The number of likely N-dealkylation sites (N-methyl/N-ethyl adjacent to an activating group) is 1. The Hall–Kier alpha value is -2.14. The molecule has 19 heavy (non-hydrogen) atoms. The molecule has 1 aromatic heterocycles. The van der Waals surface area contributed by atoms with E-state index in [2.05, 4.69) is 14.9 Å². The Balaban J connectivity index is 2.22. The fourth-order valence-electron chi connectivity index (χ4n) is 1.97. The highest BCUT2D eigenvalue weighted by atomic mass is 16.5. The number of benzene rings is 1. The van der Waals surface area contributed by atoms with Crippen LogP contribution in [0.25, 0.3) is 0 Å². The zero-order valence-corrected chi connectivity index (χ0v) is 11.2. The second-order valence-electron chi connectivity index (χ2n) is 4.19. The standard InChI is InChI=1S/C14H18N4O/c1-18(11-3-5-12(19-2)6-4-11)14(9-15)13-7-8-16-10-17-13/h3-8,10,14H,9,15H2,1-2H3. The summed E-state index contributed by atoms with van der Waals surface area (Å²) in [5, 5.41) is 0. The van der Waals surface area contributed by atoms with Crippen molar-refractivity contribution in [3.8, 4) is 5.75 Å². The number of aromatic nitrogens is 2. The monoisotopic (exact) mass is 258 g/mol. The highest BCUT2D eigenvalue weighted by Gasteiger charge is 2.17. The van der Waals surface area contributed by atoms with Crippen LogP contribution in [0.15, 0.2) is 42.9 Å². The molecule has 1 heterocycles. The molecule has 0 fully saturated rings. The normalized spacial score (nSPS) is 11.9. The van der Waals surface area contributed by atoms with Crippen molar-refractivity contribution in [2.75, 3.05) is 25.6 Å². The average molecular weight is 258 g/mol. The molecule has 0 aliphatic heterocycles. The summed E-state index contributed by atoms with van der Waals surface area (Å²) in [6, 6.07) is 9.78. The molecular formula is C14H18N4O. The van der Waals surface area contributed by atoms with Crippen LogP contribution in [-0.2, 0) is 0 Å².